The van der Waals surface area contributed by atoms with E-state index < -0.39 is 9.84 Å². The maximum Gasteiger partial charge on any atom is 0.257 e. The second-order valence-electron chi connectivity index (χ2n) is 4.98. The van der Waals surface area contributed by atoms with Crippen molar-refractivity contribution in [3.8, 4) is 5.75 Å². The quantitative estimate of drug-likeness (QED) is 0.833. The number of aromatic hydroxyl groups is 1. The van der Waals surface area contributed by atoms with Crippen LogP contribution < -0.4 is 0 Å². The smallest absolute Gasteiger partial charge is 0.257 e. The highest BCUT2D eigenvalue weighted by molar-refractivity contribution is 7.91. The fourth-order valence-electron chi connectivity index (χ4n) is 2.28. The molecule has 1 atom stereocenters. The summed E-state index contributed by atoms with van der Waals surface area (Å²) in [5, 5.41) is 9.76. The van der Waals surface area contributed by atoms with Gasteiger partial charge in [0.15, 0.2) is 9.84 Å². The number of sulfone groups is 1. The third kappa shape index (κ3) is 2.89. The minimum absolute atomic E-state index is 0.0182. The number of nitrogens with zero attached hydrogens (tertiary/aromatic N) is 1. The number of carbonyl (C=O) groups is 1. The summed E-state index contributed by atoms with van der Waals surface area (Å²) in [6.07, 6.45) is 0. The molecule has 19 heavy (non-hydrogen) atoms. The highest BCUT2D eigenvalue weighted by Gasteiger charge is 2.32. The first-order valence-electron chi connectivity index (χ1n) is 6.11. The average Bonchev–Trinajstić information content (AvgIpc) is 2.30. The molecule has 1 heterocycles. The van der Waals surface area contributed by atoms with Crippen LogP contribution in [-0.2, 0) is 9.84 Å². The second kappa shape index (κ2) is 4.85. The van der Waals surface area contributed by atoms with Crippen molar-refractivity contribution in [2.45, 2.75) is 19.9 Å². The topological polar surface area (TPSA) is 74.7 Å². The lowest BCUT2D eigenvalue weighted by Gasteiger charge is -2.33. The number of phenols is 1. The van der Waals surface area contributed by atoms with Crippen molar-refractivity contribution >= 4 is 15.7 Å². The van der Waals surface area contributed by atoms with Crippen molar-refractivity contribution in [2.75, 3.05) is 18.1 Å². The van der Waals surface area contributed by atoms with E-state index in [-0.39, 0.29) is 41.3 Å². The molecule has 0 aliphatic carbocycles. The molecule has 1 fully saturated rings. The van der Waals surface area contributed by atoms with E-state index in [1.807, 2.05) is 6.92 Å². The van der Waals surface area contributed by atoms with Gasteiger partial charge in [0.05, 0.1) is 17.1 Å². The fourth-order valence-corrected chi connectivity index (χ4v) is 3.83. The Hall–Kier alpha value is -1.56. The molecule has 1 aromatic carbocycles. The zero-order valence-corrected chi connectivity index (χ0v) is 11.8. The normalized spacial score (nSPS) is 22.2. The molecule has 1 unspecified atom stereocenters. The molecule has 1 aliphatic rings. The first-order chi connectivity index (χ1) is 8.80. The second-order valence-corrected chi connectivity index (χ2v) is 7.21. The first-order valence-corrected chi connectivity index (χ1v) is 7.93. The Morgan fingerprint density at radius 3 is 2.74 bits per heavy atom. The van der Waals surface area contributed by atoms with Gasteiger partial charge in [-0.15, -0.1) is 0 Å². The Labute approximate surface area is 112 Å². The summed E-state index contributed by atoms with van der Waals surface area (Å²) in [6.45, 7) is 3.72. The summed E-state index contributed by atoms with van der Waals surface area (Å²) < 4.78 is 23.0. The van der Waals surface area contributed by atoms with Gasteiger partial charge < -0.3 is 10.0 Å². The van der Waals surface area contributed by atoms with Crippen molar-refractivity contribution in [1.29, 1.82) is 0 Å². The van der Waals surface area contributed by atoms with Crippen molar-refractivity contribution in [1.82, 2.24) is 4.90 Å². The zero-order valence-electron chi connectivity index (χ0n) is 11.0. The molecule has 2 rings (SSSR count). The molecule has 1 saturated heterocycles. The van der Waals surface area contributed by atoms with Gasteiger partial charge in [0.1, 0.15) is 5.75 Å². The molecule has 0 aromatic heterocycles. The molecular weight excluding hydrogens is 266 g/mol. The number of rotatable bonds is 1. The van der Waals surface area contributed by atoms with Crippen LogP contribution in [0.3, 0.4) is 0 Å². The lowest BCUT2D eigenvalue weighted by atomic mass is 10.1. The van der Waals surface area contributed by atoms with E-state index >= 15 is 0 Å². The van der Waals surface area contributed by atoms with Crippen LogP contribution in [0.25, 0.3) is 0 Å². The molecular formula is C13H17NO4S. The van der Waals surface area contributed by atoms with Crippen LogP contribution in [0.5, 0.6) is 5.75 Å². The number of carbonyl (C=O) groups excluding carboxylic acids is 1. The molecule has 1 aliphatic heterocycles. The van der Waals surface area contributed by atoms with Gasteiger partial charge in [-0.05, 0) is 26.0 Å². The molecule has 1 aromatic rings. The Balaban J connectivity index is 2.27. The van der Waals surface area contributed by atoms with E-state index in [9.17, 15) is 18.3 Å². The standard InChI is InChI=1S/C13H17NO4S/c1-9-3-4-12(15)11(7-9)13(16)14-5-6-19(17,18)8-10(14)2/h3-4,7,10,15H,5-6,8H2,1-2H3. The lowest BCUT2D eigenvalue weighted by molar-refractivity contribution is 0.0709. The highest BCUT2D eigenvalue weighted by Crippen LogP contribution is 2.22. The van der Waals surface area contributed by atoms with E-state index in [0.717, 1.165) is 5.56 Å². The first kappa shape index (κ1) is 13.9. The van der Waals surface area contributed by atoms with Crippen LogP contribution in [0.2, 0.25) is 0 Å². The molecule has 1 N–H and O–H groups in total. The van der Waals surface area contributed by atoms with Crippen molar-refractivity contribution in [3.05, 3.63) is 29.3 Å². The minimum Gasteiger partial charge on any atom is -0.507 e. The summed E-state index contributed by atoms with van der Waals surface area (Å²) in [6, 6.07) is 4.45. The number of hydrogen-bond acceptors (Lipinski definition) is 4. The van der Waals surface area contributed by atoms with Crippen LogP contribution in [0.15, 0.2) is 18.2 Å². The number of amides is 1. The third-order valence-corrected chi connectivity index (χ3v) is 5.11. The zero-order chi connectivity index (χ0) is 14.2. The van der Waals surface area contributed by atoms with Crippen LogP contribution >= 0.6 is 0 Å². The molecule has 1 amide bonds. The summed E-state index contributed by atoms with van der Waals surface area (Å²) >= 11 is 0. The van der Waals surface area contributed by atoms with E-state index in [2.05, 4.69) is 0 Å². The van der Waals surface area contributed by atoms with Crippen LogP contribution in [0.1, 0.15) is 22.8 Å². The number of phenolic OH excluding ortho intramolecular Hbond substituents is 1. The lowest BCUT2D eigenvalue weighted by Crippen LogP contribution is -2.49. The predicted molar refractivity (Wildman–Crippen MR) is 72.0 cm³/mol. The summed E-state index contributed by atoms with van der Waals surface area (Å²) in [5.74, 6) is -0.430. The SMILES string of the molecule is Cc1ccc(O)c(C(=O)N2CCS(=O)(=O)CC2C)c1. The van der Waals surface area contributed by atoms with Gasteiger partial charge in [-0.3, -0.25) is 4.79 Å². The van der Waals surface area contributed by atoms with Crippen LogP contribution in [0.4, 0.5) is 0 Å². The van der Waals surface area contributed by atoms with Gasteiger partial charge >= 0.3 is 0 Å². The minimum atomic E-state index is -3.06. The fraction of sp³-hybridized carbons (Fsp3) is 0.462. The Kier molecular flexibility index (Phi) is 3.54. The van der Waals surface area contributed by atoms with Crippen molar-refractivity contribution in [2.24, 2.45) is 0 Å². The van der Waals surface area contributed by atoms with Crippen molar-refractivity contribution < 1.29 is 18.3 Å². The predicted octanol–water partition coefficient (Wildman–Crippen LogP) is 0.960. The molecule has 6 heteroatoms. The van der Waals surface area contributed by atoms with Gasteiger partial charge in [-0.2, -0.15) is 0 Å². The monoisotopic (exact) mass is 283 g/mol. The summed E-state index contributed by atoms with van der Waals surface area (Å²) in [7, 11) is -3.06. The molecule has 0 radical (unpaired) electrons. The molecule has 104 valence electrons. The van der Waals surface area contributed by atoms with Crippen LogP contribution in [0, 0.1) is 6.92 Å². The maximum atomic E-state index is 12.4. The van der Waals surface area contributed by atoms with Gasteiger partial charge in [-0.25, -0.2) is 8.42 Å². The maximum absolute atomic E-state index is 12.4. The van der Waals surface area contributed by atoms with E-state index in [1.54, 1.807) is 19.1 Å². The van der Waals surface area contributed by atoms with E-state index in [0.29, 0.717) is 0 Å². The molecule has 0 spiro atoms. The Morgan fingerprint density at radius 2 is 2.11 bits per heavy atom. The van der Waals surface area contributed by atoms with Crippen molar-refractivity contribution in [3.63, 3.8) is 0 Å². The number of aryl methyl sites for hydroxylation is 1. The molecule has 5 nitrogen and oxygen atoms in total. The van der Waals surface area contributed by atoms with E-state index in [4.69, 9.17) is 0 Å². The van der Waals surface area contributed by atoms with Gasteiger partial charge in [0, 0.05) is 12.6 Å². The summed E-state index contributed by atoms with van der Waals surface area (Å²) in [5.41, 5.74) is 1.10. The van der Waals surface area contributed by atoms with Crippen LogP contribution in [-0.4, -0.2) is 48.4 Å². The molecule has 0 saturated carbocycles. The average molecular weight is 283 g/mol. The highest BCUT2D eigenvalue weighted by atomic mass is 32.2. The van der Waals surface area contributed by atoms with Gasteiger partial charge in [0.25, 0.3) is 5.91 Å². The number of benzene rings is 1. The van der Waals surface area contributed by atoms with E-state index in [1.165, 1.54) is 11.0 Å². The third-order valence-electron chi connectivity index (χ3n) is 3.31. The molecule has 0 bridgehead atoms. The van der Waals surface area contributed by atoms with Gasteiger partial charge in [0.2, 0.25) is 0 Å². The Morgan fingerprint density at radius 1 is 1.42 bits per heavy atom. The summed E-state index contributed by atoms with van der Waals surface area (Å²) in [4.78, 5) is 13.9. The Bertz CT molecular complexity index is 609. The van der Waals surface area contributed by atoms with Gasteiger partial charge in [-0.1, -0.05) is 11.6 Å². The largest absolute Gasteiger partial charge is 0.507 e. The number of hydrogen-bond donors (Lipinski definition) is 1.